The number of pyridine rings is 10. The van der Waals surface area contributed by atoms with E-state index in [1.54, 1.807) is 18.2 Å². The number of benzene rings is 5. The van der Waals surface area contributed by atoms with Crippen LogP contribution in [0.15, 0.2) is 235 Å². The summed E-state index contributed by atoms with van der Waals surface area (Å²) < 4.78 is 118. The predicted octanol–water partition coefficient (Wildman–Crippen LogP) is 26.9. The average Bonchev–Trinajstić information content (AvgIpc) is 1.59. The molecule has 5 aromatic carbocycles. The molecule has 1 unspecified atom stereocenters. The number of nitrogens with zero attached hydrogens (tertiary/aromatic N) is 10. The van der Waals surface area contributed by atoms with E-state index in [9.17, 15) is 0 Å². The number of fused-ring (bicyclic) bond motifs is 15. The van der Waals surface area contributed by atoms with E-state index in [0.29, 0.717) is 65.5 Å². The molecule has 656 valence electrons. The van der Waals surface area contributed by atoms with Crippen LogP contribution in [0.5, 0.6) is 0 Å². The Hall–Kier alpha value is -13.4. The van der Waals surface area contributed by atoms with Crippen molar-refractivity contribution < 1.29 is 57.3 Å². The Balaban J connectivity index is 0.000000116. The van der Waals surface area contributed by atoms with Gasteiger partial charge < -0.3 is 22.1 Å². The molecule has 2 aliphatic rings. The Morgan fingerprint density at radius 3 is 0.992 bits per heavy atom. The van der Waals surface area contributed by atoms with E-state index in [1.807, 2.05) is 108 Å². The van der Waals surface area contributed by atoms with Crippen LogP contribution < -0.4 is 22.8 Å². The van der Waals surface area contributed by atoms with Crippen LogP contribution in [0.1, 0.15) is 213 Å². The first-order valence-electron chi connectivity index (χ1n) is 50.2. The molecule has 2 saturated carbocycles. The normalized spacial score (nSPS) is 16.7. The van der Waals surface area contributed by atoms with Crippen LogP contribution in [0.4, 0.5) is 0 Å². The van der Waals surface area contributed by atoms with Crippen LogP contribution in [-0.4, -0.2) is 24.9 Å². The topological polar surface area (TPSA) is 150 Å². The highest BCUT2D eigenvalue weighted by atomic mass is 16.4. The van der Waals surface area contributed by atoms with Crippen molar-refractivity contribution in [3.8, 4) is 56.3 Å². The maximum atomic E-state index is 8.98. The molecule has 20 aromatic rings. The fourth-order valence-electron chi connectivity index (χ4n) is 18.3. The number of aryl methyl sites for hydroxylation is 17. The molecule has 130 heavy (non-hydrogen) atoms. The standard InChI is InChI=1S/C25H27N2O.C24H25N2O.C23H25N2O.C22H23N2O.C21H21N2O/c1-16-13-14-27(3)22(15-16)23-17(2)9-10-19-20-11-12-21(18-7-5-4-6-8-18)26-25(20)28-24(19)23;1-15-12-13-26(3)21(14-15)22-16(2)8-9-18-19-10-11-20(17-6-4-5-7-17)25-24(19)27-23(18)22;1-6-16-11-12-25(5)20(13-16)21-15(4)7-8-17-18-9-10-19(14(2)3)24-23(18)26-22(17)21;1-5-15-11-12-24(4)19(13-15)20-14(3)7-9-17-18-10-8-16(6-2)23-22(18)25-21(17)20;1-5-15-10-11-23(4)18(12-15)19-13(2)6-8-16-17-9-7-14(3)22-21(17)24-20(16)19/h9-15,18H,4-8H2,1-3H3;8-14,17H,4-7H2,1-3H3;7-14H,6H2,1-5H3;7-13H,5-6H2,1-4H3;6-12H,5H2,1-4H3/q5*+1/i7D2,8D2,18D;6D2,17D;14D;;. The molecule has 22 rings (SSSR count). The molecule has 1 atom stereocenters. The van der Waals surface area contributed by atoms with Crippen LogP contribution >= 0.6 is 0 Å². The summed E-state index contributed by atoms with van der Waals surface area (Å²) >= 11 is 0. The summed E-state index contributed by atoms with van der Waals surface area (Å²) in [7, 11) is 10.2. The van der Waals surface area contributed by atoms with E-state index in [-0.39, 0.29) is 18.5 Å². The first-order chi connectivity index (χ1) is 66.2. The summed E-state index contributed by atoms with van der Waals surface area (Å²) in [6.07, 6.45) is 10.9. The third kappa shape index (κ3) is 16.8. The smallest absolute Gasteiger partial charge is 0.227 e. The number of furan rings is 5. The lowest BCUT2D eigenvalue weighted by Crippen LogP contribution is -2.30. The van der Waals surface area contributed by atoms with Gasteiger partial charge in [-0.05, 0) is 229 Å². The number of hydrogen-bond donors (Lipinski definition) is 0. The molecule has 0 bridgehead atoms. The highest BCUT2D eigenvalue weighted by Gasteiger charge is 2.30. The van der Waals surface area contributed by atoms with Crippen molar-refractivity contribution in [1.29, 1.82) is 0 Å². The van der Waals surface area contributed by atoms with E-state index < -0.39 is 36.8 Å². The van der Waals surface area contributed by atoms with Crippen LogP contribution in [0, 0.1) is 55.4 Å². The summed E-state index contributed by atoms with van der Waals surface area (Å²) in [4.78, 5) is 23.1. The molecule has 0 saturated heterocycles. The molecule has 15 heterocycles. The minimum absolute atomic E-state index is 0.0724. The van der Waals surface area contributed by atoms with Gasteiger partial charge in [0, 0.05) is 167 Å². The van der Waals surface area contributed by atoms with Gasteiger partial charge in [0.2, 0.25) is 57.0 Å². The highest BCUT2D eigenvalue weighted by molar-refractivity contribution is 6.13. The molecule has 15 heteroatoms. The van der Waals surface area contributed by atoms with E-state index in [4.69, 9.17) is 34.4 Å². The van der Waals surface area contributed by atoms with Gasteiger partial charge in [-0.2, -0.15) is 0 Å². The van der Waals surface area contributed by atoms with Gasteiger partial charge in [0.1, 0.15) is 35.2 Å². The van der Waals surface area contributed by atoms with E-state index in [0.717, 1.165) is 181 Å². The highest BCUT2D eigenvalue weighted by Crippen LogP contribution is 2.45. The van der Waals surface area contributed by atoms with Crippen molar-refractivity contribution in [3.05, 3.63) is 297 Å². The Morgan fingerprint density at radius 1 is 0.323 bits per heavy atom. The van der Waals surface area contributed by atoms with E-state index in [1.165, 1.54) is 50.3 Å². The van der Waals surface area contributed by atoms with Crippen LogP contribution in [0.25, 0.3) is 167 Å². The molecule has 0 spiro atoms. The largest absolute Gasteiger partial charge is 0.437 e. The van der Waals surface area contributed by atoms with Crippen molar-refractivity contribution >= 4 is 110 Å². The maximum absolute atomic E-state index is 8.98. The van der Waals surface area contributed by atoms with Gasteiger partial charge in [0.05, 0.1) is 27.8 Å². The molecule has 2 fully saturated rings. The lowest BCUT2D eigenvalue weighted by atomic mass is 9.86. The number of aromatic nitrogens is 10. The molecule has 15 aromatic heterocycles. The third-order valence-electron chi connectivity index (χ3n) is 25.9. The van der Waals surface area contributed by atoms with Gasteiger partial charge in [0.25, 0.3) is 0 Å². The quantitative estimate of drug-likeness (QED) is 0.108. The Labute approximate surface area is 774 Å². The molecule has 15 nitrogen and oxygen atoms in total. The Bertz CT molecular complexity index is 8270. The first kappa shape index (κ1) is 76.6. The zero-order chi connectivity index (χ0) is 98.8. The minimum atomic E-state index is -2.12. The second-order valence-corrected chi connectivity index (χ2v) is 35.3. The van der Waals surface area contributed by atoms with Crippen molar-refractivity contribution in [3.63, 3.8) is 0 Å². The number of rotatable bonds is 12. The minimum Gasteiger partial charge on any atom is -0.437 e. The van der Waals surface area contributed by atoms with E-state index >= 15 is 0 Å². The van der Waals surface area contributed by atoms with Gasteiger partial charge in [0.15, 0.2) is 58.9 Å². The summed E-state index contributed by atoms with van der Waals surface area (Å²) in [5, 5.41) is 10.0. The van der Waals surface area contributed by atoms with Gasteiger partial charge in [-0.3, -0.25) is 0 Å². The molecule has 0 N–H and O–H groups in total. The van der Waals surface area contributed by atoms with E-state index in [2.05, 4.69) is 267 Å². The second kappa shape index (κ2) is 36.6. The van der Waals surface area contributed by atoms with Crippen LogP contribution in [0.3, 0.4) is 0 Å². The predicted molar refractivity (Wildman–Crippen MR) is 527 cm³/mol. The van der Waals surface area contributed by atoms with Crippen LogP contribution in [-0.2, 0) is 60.9 Å². The Kier molecular flexibility index (Phi) is 21.6. The van der Waals surface area contributed by atoms with Gasteiger partial charge in [-0.15, -0.1) is 0 Å². The zero-order valence-corrected chi connectivity index (χ0v) is 78.3. The molecule has 0 amide bonds. The van der Waals surface area contributed by atoms with Crippen LogP contribution in [0.2, 0.25) is 0 Å². The molecular weight excluding hydrogens is 1600 g/mol. The van der Waals surface area contributed by atoms with Gasteiger partial charge in [-0.25, -0.2) is 47.8 Å². The average molecular weight is 1730 g/mol. The van der Waals surface area contributed by atoms with Gasteiger partial charge >= 0.3 is 0 Å². The summed E-state index contributed by atoms with van der Waals surface area (Å²) in [6.45, 7) is 29.0. The second-order valence-electron chi connectivity index (χ2n) is 35.3. The number of hydrogen-bond acceptors (Lipinski definition) is 10. The molecule has 2 aliphatic carbocycles. The summed E-state index contributed by atoms with van der Waals surface area (Å²) in [5.74, 6) is -4.21. The summed E-state index contributed by atoms with van der Waals surface area (Å²) in [5.41, 5.74) is 33.3. The first-order valence-corrected chi connectivity index (χ1v) is 45.7. The van der Waals surface area contributed by atoms with Crippen molar-refractivity contribution in [2.24, 2.45) is 35.2 Å². The maximum Gasteiger partial charge on any atom is 0.227 e. The lowest BCUT2D eigenvalue weighted by molar-refractivity contribution is -0.660. The monoisotopic (exact) mass is 1730 g/mol. The lowest BCUT2D eigenvalue weighted by Gasteiger charge is -2.20. The zero-order valence-electron chi connectivity index (χ0n) is 87.3. The third-order valence-corrected chi connectivity index (χ3v) is 25.9. The molecule has 0 aliphatic heterocycles. The SMILES string of the molecule is CCc1cc[n+](C)c(-c2c(C)ccc3c2oc2nc(C)ccc23)c1.CCc1cc[n+](C)c(-c2c(C)ccc3c2oc2nc(CC)ccc23)c1.[2H]C(C)(C)c1ccc2c(n1)oc1c(-c3cc(CC)cc[n+]3C)c(C)ccc12.[2H]C1([2H])CCCC([2H])([2H])C1([2H])c1ccc2c(n1)oc1c(-c3cc(C)cc[n+]3C)c(C)ccc12.[2H]C1([2H])CCCC1([2H])c1ccc2c(n1)oc1c(-c3cc(C)cc[n+]3C)c(C)ccc12. The van der Waals surface area contributed by atoms with Gasteiger partial charge in [-0.1, -0.05) is 134 Å². The fourth-order valence-corrected chi connectivity index (χ4v) is 18.3. The Morgan fingerprint density at radius 2 is 0.631 bits per heavy atom. The van der Waals surface area contributed by atoms with Crippen molar-refractivity contribution in [2.45, 2.75) is 198 Å². The molecule has 0 radical (unpaired) electrons. The summed E-state index contributed by atoms with van der Waals surface area (Å²) in [6, 6.07) is 62.2. The fraction of sp³-hybridized carbons (Fsp3) is 0.304. The van der Waals surface area contributed by atoms with Crippen molar-refractivity contribution in [1.82, 2.24) is 24.9 Å². The molecular formula is C115H121N10O5+5. The van der Waals surface area contributed by atoms with Crippen molar-refractivity contribution in [2.75, 3.05) is 0 Å².